The van der Waals surface area contributed by atoms with Gasteiger partial charge in [0, 0.05) is 0 Å². The summed E-state index contributed by atoms with van der Waals surface area (Å²) in [6, 6.07) is 0. The maximum atomic E-state index is 10.8. The van der Waals surface area contributed by atoms with Crippen LogP contribution >= 0.6 is 12.2 Å². The summed E-state index contributed by atoms with van der Waals surface area (Å²) in [4.78, 5) is 13.7. The van der Waals surface area contributed by atoms with Gasteiger partial charge in [-0.05, 0) is 12.2 Å². The zero-order valence-electron chi connectivity index (χ0n) is 7.52. The standard InChI is InChI=1S/C7H11NO6S/c9-1-3(10)4(11)5(12)6(13)7(14)8-2-15/h3-6,9-13H,1H2/t3-,4-,5+,6-/m1/s1. The fraction of sp³-hybridized carbons (Fsp3) is 0.714. The molecule has 0 aromatic rings. The van der Waals surface area contributed by atoms with E-state index in [-0.39, 0.29) is 0 Å². The minimum absolute atomic E-state index is 0.824. The number of carbonyl (C=O) groups is 1. The molecule has 0 bridgehead atoms. The molecule has 0 aliphatic heterocycles. The van der Waals surface area contributed by atoms with Gasteiger partial charge in [0.25, 0.3) is 5.91 Å². The summed E-state index contributed by atoms with van der Waals surface area (Å²) in [7, 11) is 0. The zero-order chi connectivity index (χ0) is 12.0. The SMILES string of the molecule is O=C(N=C=S)[C@H](O)[C@@H](O)[C@H](O)[C@H](O)CO. The van der Waals surface area contributed by atoms with Crippen LogP contribution in [0.15, 0.2) is 4.99 Å². The Kier molecular flexibility index (Phi) is 6.37. The van der Waals surface area contributed by atoms with E-state index in [4.69, 9.17) is 20.4 Å². The molecule has 0 fully saturated rings. The van der Waals surface area contributed by atoms with Gasteiger partial charge in [-0.1, -0.05) is 0 Å². The van der Waals surface area contributed by atoms with Gasteiger partial charge < -0.3 is 25.5 Å². The van der Waals surface area contributed by atoms with Gasteiger partial charge >= 0.3 is 0 Å². The average Bonchev–Trinajstić information content (AvgIpc) is 2.25. The molecular weight excluding hydrogens is 226 g/mol. The number of aliphatic hydroxyl groups is 5. The second-order valence-electron chi connectivity index (χ2n) is 2.72. The molecule has 8 heteroatoms. The number of isothiocyanates is 1. The second-order valence-corrected chi connectivity index (χ2v) is 2.90. The molecule has 5 N–H and O–H groups in total. The minimum Gasteiger partial charge on any atom is -0.394 e. The lowest BCUT2D eigenvalue weighted by molar-refractivity contribution is -0.145. The molecule has 0 saturated heterocycles. The van der Waals surface area contributed by atoms with Gasteiger partial charge in [-0.25, -0.2) is 0 Å². The lowest BCUT2D eigenvalue weighted by atomic mass is 10.0. The van der Waals surface area contributed by atoms with Crippen LogP contribution in [0.3, 0.4) is 0 Å². The third kappa shape index (κ3) is 4.10. The fourth-order valence-corrected chi connectivity index (χ4v) is 0.870. The van der Waals surface area contributed by atoms with Gasteiger partial charge in [-0.2, -0.15) is 4.99 Å². The second kappa shape index (κ2) is 6.70. The van der Waals surface area contributed by atoms with E-state index in [0.29, 0.717) is 0 Å². The van der Waals surface area contributed by atoms with Crippen molar-refractivity contribution in [2.24, 2.45) is 4.99 Å². The van der Waals surface area contributed by atoms with Crippen LogP contribution in [0.1, 0.15) is 0 Å². The number of thiocarbonyl (C=S) groups is 1. The number of aliphatic imine (C=N–C) groups is 1. The Balaban J connectivity index is 4.49. The number of hydrogen-bond acceptors (Lipinski definition) is 7. The summed E-state index contributed by atoms with van der Waals surface area (Å²) in [5.74, 6) is -1.19. The summed E-state index contributed by atoms with van der Waals surface area (Å²) < 4.78 is 0. The molecule has 0 radical (unpaired) electrons. The monoisotopic (exact) mass is 237 g/mol. The predicted molar refractivity (Wildman–Crippen MR) is 51.1 cm³/mol. The van der Waals surface area contributed by atoms with E-state index in [1.165, 1.54) is 0 Å². The summed E-state index contributed by atoms with van der Waals surface area (Å²) in [5.41, 5.74) is 0. The highest BCUT2D eigenvalue weighted by atomic mass is 32.1. The van der Waals surface area contributed by atoms with Crippen LogP contribution in [-0.4, -0.2) is 67.6 Å². The van der Waals surface area contributed by atoms with E-state index in [9.17, 15) is 9.90 Å². The summed E-state index contributed by atoms with van der Waals surface area (Å²) in [5, 5.41) is 46.4. The van der Waals surface area contributed by atoms with Crippen LogP contribution in [0, 0.1) is 0 Å². The minimum atomic E-state index is -2.03. The summed E-state index contributed by atoms with van der Waals surface area (Å²) in [6.45, 7) is -0.824. The van der Waals surface area contributed by atoms with Crippen molar-refractivity contribution in [1.82, 2.24) is 0 Å². The molecule has 86 valence electrons. The number of rotatable bonds is 5. The number of aliphatic hydroxyl groups excluding tert-OH is 5. The highest BCUT2D eigenvalue weighted by Crippen LogP contribution is 2.06. The third-order valence-corrected chi connectivity index (χ3v) is 1.75. The lowest BCUT2D eigenvalue weighted by Crippen LogP contribution is -2.48. The van der Waals surface area contributed by atoms with Crippen LogP contribution < -0.4 is 0 Å². The van der Waals surface area contributed by atoms with Crippen molar-refractivity contribution >= 4 is 23.3 Å². The van der Waals surface area contributed by atoms with Gasteiger partial charge in [0.2, 0.25) is 0 Å². The number of amides is 1. The van der Waals surface area contributed by atoms with Crippen LogP contribution in [0.4, 0.5) is 0 Å². The van der Waals surface area contributed by atoms with Crippen LogP contribution in [0.2, 0.25) is 0 Å². The molecule has 0 rings (SSSR count). The average molecular weight is 237 g/mol. The molecule has 0 saturated carbocycles. The van der Waals surface area contributed by atoms with Gasteiger partial charge in [0.15, 0.2) is 6.10 Å². The molecule has 0 unspecified atom stereocenters. The van der Waals surface area contributed by atoms with Crippen molar-refractivity contribution in [2.45, 2.75) is 24.4 Å². The Morgan fingerprint density at radius 1 is 1.27 bits per heavy atom. The predicted octanol–water partition coefficient (Wildman–Crippen LogP) is -2.95. The molecule has 4 atom stereocenters. The van der Waals surface area contributed by atoms with Gasteiger partial charge in [-0.3, -0.25) is 4.79 Å². The summed E-state index contributed by atoms with van der Waals surface area (Å²) in [6.07, 6.45) is -7.53. The van der Waals surface area contributed by atoms with E-state index in [0.717, 1.165) is 0 Å². The van der Waals surface area contributed by atoms with E-state index >= 15 is 0 Å². The van der Waals surface area contributed by atoms with Crippen molar-refractivity contribution in [3.63, 3.8) is 0 Å². The van der Waals surface area contributed by atoms with Crippen molar-refractivity contribution in [2.75, 3.05) is 6.61 Å². The Labute approximate surface area is 90.3 Å². The molecule has 0 aromatic carbocycles. The van der Waals surface area contributed by atoms with E-state index in [1.54, 1.807) is 5.16 Å². The Bertz CT molecular complexity index is 266. The number of hydrogen-bond donors (Lipinski definition) is 5. The highest BCUT2D eigenvalue weighted by molar-refractivity contribution is 7.78. The van der Waals surface area contributed by atoms with E-state index in [1.807, 2.05) is 0 Å². The largest absolute Gasteiger partial charge is 0.394 e. The maximum Gasteiger partial charge on any atom is 0.286 e. The van der Waals surface area contributed by atoms with Crippen molar-refractivity contribution in [3.8, 4) is 0 Å². The molecule has 0 aliphatic rings. The molecule has 0 aliphatic carbocycles. The molecule has 15 heavy (non-hydrogen) atoms. The first kappa shape index (κ1) is 14.3. The summed E-state index contributed by atoms with van der Waals surface area (Å²) >= 11 is 4.09. The third-order valence-electron chi connectivity index (χ3n) is 1.66. The number of nitrogens with zero attached hydrogens (tertiary/aromatic N) is 1. The first-order chi connectivity index (χ1) is 6.95. The fourth-order valence-electron chi connectivity index (χ4n) is 0.780. The Morgan fingerprint density at radius 2 is 1.80 bits per heavy atom. The molecule has 7 nitrogen and oxygen atoms in total. The topological polar surface area (TPSA) is 131 Å². The quantitative estimate of drug-likeness (QED) is 0.255. The van der Waals surface area contributed by atoms with Crippen LogP contribution in [0.5, 0.6) is 0 Å². The first-order valence-corrected chi connectivity index (χ1v) is 4.31. The maximum absolute atomic E-state index is 10.8. The smallest absolute Gasteiger partial charge is 0.286 e. The Hall–Kier alpha value is -0.730. The Morgan fingerprint density at radius 3 is 2.20 bits per heavy atom. The molecular formula is C7H11NO6S. The van der Waals surface area contributed by atoms with E-state index in [2.05, 4.69) is 17.2 Å². The first-order valence-electron chi connectivity index (χ1n) is 3.90. The normalized spacial score (nSPS) is 18.5. The molecule has 0 heterocycles. The van der Waals surface area contributed by atoms with Crippen molar-refractivity contribution in [3.05, 3.63) is 0 Å². The number of carbonyl (C=O) groups excluding carboxylic acids is 1. The van der Waals surface area contributed by atoms with Gasteiger partial charge in [-0.15, -0.1) is 0 Å². The van der Waals surface area contributed by atoms with E-state index < -0.39 is 36.9 Å². The lowest BCUT2D eigenvalue weighted by Gasteiger charge is -2.23. The molecule has 0 aromatic heterocycles. The van der Waals surface area contributed by atoms with Crippen LogP contribution in [0.25, 0.3) is 0 Å². The van der Waals surface area contributed by atoms with Crippen molar-refractivity contribution < 1.29 is 30.3 Å². The van der Waals surface area contributed by atoms with Gasteiger partial charge in [0.1, 0.15) is 18.3 Å². The molecule has 1 amide bonds. The van der Waals surface area contributed by atoms with Gasteiger partial charge in [0.05, 0.1) is 11.8 Å². The van der Waals surface area contributed by atoms with Crippen LogP contribution in [-0.2, 0) is 4.79 Å². The van der Waals surface area contributed by atoms with Crippen molar-refractivity contribution in [1.29, 1.82) is 0 Å². The highest BCUT2D eigenvalue weighted by Gasteiger charge is 2.33. The zero-order valence-corrected chi connectivity index (χ0v) is 8.33. The molecule has 0 spiro atoms.